The first-order chi connectivity index (χ1) is 11.2. The Kier molecular flexibility index (Phi) is 3.61. The molecular formula is C17H21N5O. The van der Waals surface area contributed by atoms with E-state index in [2.05, 4.69) is 14.9 Å². The average Bonchev–Trinajstić information content (AvgIpc) is 2.87. The van der Waals surface area contributed by atoms with Crippen molar-refractivity contribution < 1.29 is 4.79 Å². The summed E-state index contributed by atoms with van der Waals surface area (Å²) in [5.74, 6) is 0.127. The fourth-order valence-electron chi connectivity index (χ4n) is 3.47. The number of carbonyl (C=O) groups is 1. The van der Waals surface area contributed by atoms with Crippen LogP contribution < -0.4 is 0 Å². The molecule has 0 bridgehead atoms. The van der Waals surface area contributed by atoms with E-state index >= 15 is 0 Å². The van der Waals surface area contributed by atoms with Crippen molar-refractivity contribution in [2.45, 2.75) is 25.4 Å². The monoisotopic (exact) mass is 311 g/mol. The molecule has 0 aromatic carbocycles. The van der Waals surface area contributed by atoms with Crippen molar-refractivity contribution in [3.8, 4) is 0 Å². The van der Waals surface area contributed by atoms with Crippen molar-refractivity contribution in [1.29, 1.82) is 0 Å². The predicted octanol–water partition coefficient (Wildman–Crippen LogP) is 1.15. The molecule has 0 saturated carbocycles. The Balaban J connectivity index is 1.59. The lowest BCUT2D eigenvalue weighted by molar-refractivity contribution is -0.137. The van der Waals surface area contributed by atoms with Gasteiger partial charge in [-0.05, 0) is 18.6 Å². The molecule has 2 aromatic heterocycles. The maximum atomic E-state index is 12.8. The van der Waals surface area contributed by atoms with E-state index in [4.69, 9.17) is 0 Å². The first-order valence-electron chi connectivity index (χ1n) is 8.13. The van der Waals surface area contributed by atoms with Crippen LogP contribution in [0.15, 0.2) is 30.7 Å². The zero-order valence-electron chi connectivity index (χ0n) is 13.4. The van der Waals surface area contributed by atoms with Crippen LogP contribution in [0.5, 0.6) is 0 Å². The molecule has 2 aliphatic heterocycles. The molecule has 2 aromatic rings. The van der Waals surface area contributed by atoms with Crippen molar-refractivity contribution in [3.63, 3.8) is 0 Å². The van der Waals surface area contributed by atoms with E-state index in [9.17, 15) is 4.79 Å². The minimum Gasteiger partial charge on any atom is -0.342 e. The number of amides is 1. The van der Waals surface area contributed by atoms with Crippen molar-refractivity contribution in [2.75, 3.05) is 19.6 Å². The molecule has 23 heavy (non-hydrogen) atoms. The molecular weight excluding hydrogens is 290 g/mol. The molecule has 4 rings (SSSR count). The smallest absolute Gasteiger partial charge is 0.233 e. The van der Waals surface area contributed by atoms with Crippen LogP contribution >= 0.6 is 0 Å². The van der Waals surface area contributed by atoms with Crippen LogP contribution in [0.25, 0.3) is 0 Å². The fourth-order valence-corrected chi connectivity index (χ4v) is 3.47. The maximum absolute atomic E-state index is 12.8. The molecule has 1 fully saturated rings. The number of aromatic nitrogens is 3. The summed E-state index contributed by atoms with van der Waals surface area (Å²) in [7, 11) is 1.98. The molecule has 6 nitrogen and oxygen atoms in total. The zero-order valence-corrected chi connectivity index (χ0v) is 13.4. The van der Waals surface area contributed by atoms with Gasteiger partial charge in [-0.3, -0.25) is 14.7 Å². The molecule has 6 heteroatoms. The minimum atomic E-state index is -0.115. The van der Waals surface area contributed by atoms with Gasteiger partial charge in [-0.25, -0.2) is 4.98 Å². The number of nitrogens with zero attached hydrogens (tertiary/aromatic N) is 5. The topological polar surface area (TPSA) is 54.3 Å². The number of aryl methyl sites for hydroxylation is 1. The Bertz CT molecular complexity index is 707. The number of pyridine rings is 1. The lowest BCUT2D eigenvalue weighted by Crippen LogP contribution is -2.48. The van der Waals surface area contributed by atoms with Gasteiger partial charge in [0.05, 0.1) is 29.3 Å². The normalized spacial score (nSPS) is 20.9. The van der Waals surface area contributed by atoms with Gasteiger partial charge in [0.1, 0.15) is 0 Å². The largest absolute Gasteiger partial charge is 0.342 e. The minimum absolute atomic E-state index is 0.115. The summed E-state index contributed by atoms with van der Waals surface area (Å²) < 4.78 is 2.01. The van der Waals surface area contributed by atoms with E-state index in [1.165, 1.54) is 0 Å². The summed E-state index contributed by atoms with van der Waals surface area (Å²) in [5, 5.41) is 0. The second-order valence-electron chi connectivity index (χ2n) is 6.41. The summed E-state index contributed by atoms with van der Waals surface area (Å²) in [4.78, 5) is 26.0. The number of hydrogen-bond acceptors (Lipinski definition) is 4. The highest BCUT2D eigenvalue weighted by Crippen LogP contribution is 2.30. The predicted molar refractivity (Wildman–Crippen MR) is 85.5 cm³/mol. The number of carbonyl (C=O) groups excluding carboxylic acids is 1. The van der Waals surface area contributed by atoms with Crippen LogP contribution in [0.2, 0.25) is 0 Å². The zero-order chi connectivity index (χ0) is 15.8. The number of imidazole rings is 1. The van der Waals surface area contributed by atoms with Gasteiger partial charge in [0.2, 0.25) is 5.91 Å². The van der Waals surface area contributed by atoms with Crippen molar-refractivity contribution in [3.05, 3.63) is 47.8 Å². The molecule has 0 N–H and O–H groups in total. The van der Waals surface area contributed by atoms with Crippen molar-refractivity contribution in [2.24, 2.45) is 7.05 Å². The molecule has 4 heterocycles. The van der Waals surface area contributed by atoms with Gasteiger partial charge < -0.3 is 9.47 Å². The summed E-state index contributed by atoms with van der Waals surface area (Å²) in [6, 6.07) is 5.95. The molecule has 2 aliphatic rings. The number of hydrogen-bond donors (Lipinski definition) is 0. The van der Waals surface area contributed by atoms with E-state index in [1.54, 1.807) is 0 Å². The molecule has 0 radical (unpaired) electrons. The SMILES string of the molecule is Cn1cnc2c1C(C(=O)N1CCC1)CN(Cc1ccccn1)C2. The molecule has 120 valence electrons. The highest BCUT2D eigenvalue weighted by Gasteiger charge is 2.37. The lowest BCUT2D eigenvalue weighted by atomic mass is 9.95. The van der Waals surface area contributed by atoms with Crippen molar-refractivity contribution in [1.82, 2.24) is 24.3 Å². The van der Waals surface area contributed by atoms with Gasteiger partial charge in [0, 0.05) is 46.0 Å². The molecule has 1 atom stereocenters. The van der Waals surface area contributed by atoms with Crippen LogP contribution in [0.1, 0.15) is 29.4 Å². The molecule has 1 amide bonds. The Morgan fingerprint density at radius 2 is 2.17 bits per heavy atom. The van der Waals surface area contributed by atoms with Crippen molar-refractivity contribution >= 4 is 5.91 Å². The second kappa shape index (κ2) is 5.77. The third-order valence-corrected chi connectivity index (χ3v) is 4.78. The first-order valence-corrected chi connectivity index (χ1v) is 8.13. The highest BCUT2D eigenvalue weighted by molar-refractivity contribution is 5.84. The average molecular weight is 311 g/mol. The third kappa shape index (κ3) is 2.63. The van der Waals surface area contributed by atoms with Gasteiger partial charge in [-0.15, -0.1) is 0 Å². The molecule has 0 aliphatic carbocycles. The standard InChI is InChI=1S/C17H21N5O/c1-20-12-19-15-11-21(9-13-5-2-3-6-18-13)10-14(16(15)20)17(23)22-7-4-8-22/h2-3,5-6,12,14H,4,7-11H2,1H3. The third-order valence-electron chi connectivity index (χ3n) is 4.78. The Hall–Kier alpha value is -2.21. The molecule has 0 spiro atoms. The van der Waals surface area contributed by atoms with Gasteiger partial charge in [0.25, 0.3) is 0 Å². The number of likely N-dealkylation sites (tertiary alicyclic amines) is 1. The van der Waals surface area contributed by atoms with Crippen LogP contribution in [0.3, 0.4) is 0 Å². The van der Waals surface area contributed by atoms with E-state index in [0.717, 1.165) is 56.2 Å². The summed E-state index contributed by atoms with van der Waals surface area (Å²) >= 11 is 0. The fraction of sp³-hybridized carbons (Fsp3) is 0.471. The molecule has 1 saturated heterocycles. The summed E-state index contributed by atoms with van der Waals surface area (Å²) in [6.45, 7) is 4.04. The maximum Gasteiger partial charge on any atom is 0.233 e. The Morgan fingerprint density at radius 1 is 1.30 bits per heavy atom. The number of rotatable bonds is 3. The quantitative estimate of drug-likeness (QED) is 0.853. The van der Waals surface area contributed by atoms with E-state index < -0.39 is 0 Å². The van der Waals surface area contributed by atoms with Gasteiger partial charge in [-0.2, -0.15) is 0 Å². The highest BCUT2D eigenvalue weighted by atomic mass is 16.2. The Morgan fingerprint density at radius 3 is 2.87 bits per heavy atom. The van der Waals surface area contributed by atoms with Crippen LogP contribution in [-0.4, -0.2) is 49.9 Å². The van der Waals surface area contributed by atoms with Gasteiger partial charge in [0.15, 0.2) is 0 Å². The van der Waals surface area contributed by atoms with Gasteiger partial charge in [-0.1, -0.05) is 6.07 Å². The van der Waals surface area contributed by atoms with E-state index in [1.807, 2.05) is 47.2 Å². The Labute approximate surface area is 135 Å². The van der Waals surface area contributed by atoms with Crippen LogP contribution in [0.4, 0.5) is 0 Å². The second-order valence-corrected chi connectivity index (χ2v) is 6.41. The summed E-state index contributed by atoms with van der Waals surface area (Å²) in [5.41, 5.74) is 3.13. The first kappa shape index (κ1) is 14.4. The summed E-state index contributed by atoms with van der Waals surface area (Å²) in [6.07, 6.45) is 4.76. The van der Waals surface area contributed by atoms with Crippen LogP contribution in [-0.2, 0) is 24.9 Å². The van der Waals surface area contributed by atoms with E-state index in [0.29, 0.717) is 0 Å². The number of fused-ring (bicyclic) bond motifs is 1. The van der Waals surface area contributed by atoms with E-state index in [-0.39, 0.29) is 11.8 Å². The molecule has 1 unspecified atom stereocenters. The van der Waals surface area contributed by atoms with Crippen LogP contribution in [0, 0.1) is 0 Å². The van der Waals surface area contributed by atoms with Gasteiger partial charge >= 0.3 is 0 Å². The lowest BCUT2D eigenvalue weighted by Gasteiger charge is -2.38.